The highest BCUT2D eigenvalue weighted by Gasteiger charge is 2.46. The van der Waals surface area contributed by atoms with E-state index in [1.807, 2.05) is 57.0 Å². The minimum atomic E-state index is -0.732. The number of rotatable bonds is 6. The molecule has 0 aliphatic carbocycles. The first-order valence-electron chi connectivity index (χ1n) is 11.4. The van der Waals surface area contributed by atoms with Crippen molar-refractivity contribution in [2.75, 3.05) is 31.6 Å². The van der Waals surface area contributed by atoms with Crippen LogP contribution in [-0.2, 0) is 9.59 Å². The Bertz CT molecular complexity index is 1110. The van der Waals surface area contributed by atoms with E-state index in [0.717, 1.165) is 18.0 Å². The van der Waals surface area contributed by atoms with Gasteiger partial charge in [-0.3, -0.25) is 9.59 Å². The zero-order chi connectivity index (χ0) is 23.7. The number of Topliss-reactive ketones (excluding diaryl/α,β-unsaturated/α-hetero) is 1. The number of anilines is 1. The third kappa shape index (κ3) is 4.15. The summed E-state index contributed by atoms with van der Waals surface area (Å²) in [4.78, 5) is 29.8. The van der Waals surface area contributed by atoms with E-state index < -0.39 is 17.7 Å². The molecule has 1 N–H and O–H groups in total. The zero-order valence-corrected chi connectivity index (χ0v) is 19.5. The Morgan fingerprint density at radius 2 is 1.97 bits per heavy atom. The van der Waals surface area contributed by atoms with Gasteiger partial charge in [0.15, 0.2) is 0 Å². The molecule has 2 aliphatic rings. The molecule has 33 heavy (non-hydrogen) atoms. The summed E-state index contributed by atoms with van der Waals surface area (Å²) in [5, 5.41) is 11.4. The average molecular weight is 451 g/mol. The number of likely N-dealkylation sites (tertiary alicyclic amines) is 1. The van der Waals surface area contributed by atoms with Crippen molar-refractivity contribution < 1.29 is 24.2 Å². The molecule has 1 amide bonds. The standard InChI is InChI=1S/C26H30N2O5/c1-5-12-28-23(18-8-6-7-9-20(18)33-16(2)3)22(25(30)26(28)31)24(29)17-10-11-21-19(15-17)27(4)13-14-32-21/h6-11,15-16,23,29H,5,12-14H2,1-4H3/b24-22+. The van der Waals surface area contributed by atoms with Crippen LogP contribution in [0.2, 0.25) is 0 Å². The van der Waals surface area contributed by atoms with Crippen molar-refractivity contribution >= 4 is 23.1 Å². The highest BCUT2D eigenvalue weighted by molar-refractivity contribution is 6.46. The van der Waals surface area contributed by atoms with Crippen LogP contribution in [0.5, 0.6) is 11.5 Å². The summed E-state index contributed by atoms with van der Waals surface area (Å²) in [7, 11) is 1.95. The van der Waals surface area contributed by atoms with Crippen molar-refractivity contribution in [1.82, 2.24) is 4.90 Å². The summed E-state index contributed by atoms with van der Waals surface area (Å²) < 4.78 is 11.7. The molecule has 7 nitrogen and oxygen atoms in total. The quantitative estimate of drug-likeness (QED) is 0.405. The van der Waals surface area contributed by atoms with E-state index >= 15 is 0 Å². The van der Waals surface area contributed by atoms with Crippen molar-refractivity contribution in [3.8, 4) is 11.5 Å². The van der Waals surface area contributed by atoms with Crippen LogP contribution in [0, 0.1) is 0 Å². The van der Waals surface area contributed by atoms with E-state index in [-0.39, 0.29) is 17.4 Å². The predicted octanol–water partition coefficient (Wildman–Crippen LogP) is 4.13. The summed E-state index contributed by atoms with van der Waals surface area (Å²) in [6.45, 7) is 7.49. The molecule has 0 saturated carbocycles. The maximum absolute atomic E-state index is 13.2. The highest BCUT2D eigenvalue weighted by Crippen LogP contribution is 2.43. The Morgan fingerprint density at radius 3 is 2.70 bits per heavy atom. The molecule has 2 aromatic carbocycles. The molecular formula is C26H30N2O5. The first-order chi connectivity index (χ1) is 15.8. The summed E-state index contributed by atoms with van der Waals surface area (Å²) >= 11 is 0. The summed E-state index contributed by atoms with van der Waals surface area (Å²) in [6.07, 6.45) is 0.591. The second kappa shape index (κ2) is 9.17. The number of aliphatic hydroxyl groups excluding tert-OH is 1. The average Bonchev–Trinajstić information content (AvgIpc) is 3.04. The molecule has 2 heterocycles. The van der Waals surface area contributed by atoms with Gasteiger partial charge >= 0.3 is 0 Å². The SMILES string of the molecule is CCCN1C(=O)C(=O)/C(=C(/O)c2ccc3c(c2)N(C)CCO3)C1c1ccccc1OC(C)C. The smallest absolute Gasteiger partial charge is 0.295 e. The van der Waals surface area contributed by atoms with E-state index in [1.165, 1.54) is 4.90 Å². The lowest BCUT2D eigenvalue weighted by Gasteiger charge is -2.28. The van der Waals surface area contributed by atoms with Crippen LogP contribution in [0.3, 0.4) is 0 Å². The lowest BCUT2D eigenvalue weighted by Crippen LogP contribution is -2.30. The zero-order valence-electron chi connectivity index (χ0n) is 19.5. The van der Waals surface area contributed by atoms with Gasteiger partial charge in [0.25, 0.3) is 11.7 Å². The Kier molecular flexibility index (Phi) is 6.31. The number of hydrogen-bond acceptors (Lipinski definition) is 6. The predicted molar refractivity (Wildman–Crippen MR) is 127 cm³/mol. The minimum Gasteiger partial charge on any atom is -0.507 e. The molecular weight excluding hydrogens is 420 g/mol. The number of ether oxygens (including phenoxy) is 2. The monoisotopic (exact) mass is 450 g/mol. The third-order valence-electron chi connectivity index (χ3n) is 5.91. The number of ketones is 1. The highest BCUT2D eigenvalue weighted by atomic mass is 16.5. The maximum Gasteiger partial charge on any atom is 0.295 e. The number of benzene rings is 2. The number of fused-ring (bicyclic) bond motifs is 1. The number of carbonyl (C=O) groups excluding carboxylic acids is 2. The number of amides is 1. The fraction of sp³-hybridized carbons (Fsp3) is 0.385. The Hall–Kier alpha value is -3.48. The molecule has 0 radical (unpaired) electrons. The lowest BCUT2D eigenvalue weighted by molar-refractivity contribution is -0.139. The van der Waals surface area contributed by atoms with Gasteiger partial charge < -0.3 is 24.4 Å². The van der Waals surface area contributed by atoms with Gasteiger partial charge in [-0.05, 0) is 44.5 Å². The molecule has 0 spiro atoms. The van der Waals surface area contributed by atoms with Crippen LogP contribution in [0.15, 0.2) is 48.0 Å². The van der Waals surface area contributed by atoms with E-state index in [4.69, 9.17) is 9.47 Å². The Labute approximate surface area is 194 Å². The first-order valence-corrected chi connectivity index (χ1v) is 11.4. The van der Waals surface area contributed by atoms with E-state index in [9.17, 15) is 14.7 Å². The fourth-order valence-corrected chi connectivity index (χ4v) is 4.40. The van der Waals surface area contributed by atoms with Crippen LogP contribution in [0.25, 0.3) is 5.76 Å². The van der Waals surface area contributed by atoms with E-state index in [1.54, 1.807) is 18.2 Å². The number of para-hydroxylation sites is 1. The molecule has 1 fully saturated rings. The van der Waals surface area contributed by atoms with Crippen LogP contribution < -0.4 is 14.4 Å². The lowest BCUT2D eigenvalue weighted by atomic mass is 9.94. The summed E-state index contributed by atoms with van der Waals surface area (Å²) in [5.74, 6) is -0.184. The van der Waals surface area contributed by atoms with Crippen LogP contribution >= 0.6 is 0 Å². The van der Waals surface area contributed by atoms with Gasteiger partial charge in [-0.25, -0.2) is 0 Å². The number of carbonyl (C=O) groups is 2. The molecule has 1 unspecified atom stereocenters. The topological polar surface area (TPSA) is 79.3 Å². The van der Waals surface area contributed by atoms with Crippen LogP contribution in [0.4, 0.5) is 5.69 Å². The second-order valence-corrected chi connectivity index (χ2v) is 8.65. The Balaban J connectivity index is 1.88. The molecule has 0 aromatic heterocycles. The molecule has 4 rings (SSSR count). The number of likely N-dealkylation sites (N-methyl/N-ethyl adjacent to an activating group) is 1. The molecule has 0 bridgehead atoms. The molecule has 1 saturated heterocycles. The maximum atomic E-state index is 13.2. The molecule has 1 atom stereocenters. The third-order valence-corrected chi connectivity index (χ3v) is 5.91. The Morgan fingerprint density at radius 1 is 1.21 bits per heavy atom. The number of aliphatic hydroxyl groups is 1. The second-order valence-electron chi connectivity index (χ2n) is 8.65. The van der Waals surface area contributed by atoms with Gasteiger partial charge in [0.2, 0.25) is 0 Å². The fourth-order valence-electron chi connectivity index (χ4n) is 4.40. The van der Waals surface area contributed by atoms with Gasteiger partial charge in [-0.1, -0.05) is 25.1 Å². The molecule has 2 aliphatic heterocycles. The van der Waals surface area contributed by atoms with E-state index in [2.05, 4.69) is 0 Å². The number of nitrogens with zero attached hydrogens (tertiary/aromatic N) is 2. The minimum absolute atomic E-state index is 0.0765. The largest absolute Gasteiger partial charge is 0.507 e. The van der Waals surface area contributed by atoms with Gasteiger partial charge in [0.05, 0.1) is 30.0 Å². The van der Waals surface area contributed by atoms with Gasteiger partial charge in [0.1, 0.15) is 23.9 Å². The van der Waals surface area contributed by atoms with Crippen LogP contribution in [0.1, 0.15) is 44.4 Å². The van der Waals surface area contributed by atoms with Crippen molar-refractivity contribution in [1.29, 1.82) is 0 Å². The van der Waals surface area contributed by atoms with Crippen LogP contribution in [-0.4, -0.2) is 54.5 Å². The van der Waals surface area contributed by atoms with Gasteiger partial charge in [-0.2, -0.15) is 0 Å². The molecule has 2 aromatic rings. The van der Waals surface area contributed by atoms with Crippen molar-refractivity contribution in [2.24, 2.45) is 0 Å². The molecule has 7 heteroatoms. The molecule has 174 valence electrons. The first kappa shape index (κ1) is 22.7. The van der Waals surface area contributed by atoms with Crippen molar-refractivity contribution in [2.45, 2.75) is 39.3 Å². The normalized spacial score (nSPS) is 19.6. The summed E-state index contributed by atoms with van der Waals surface area (Å²) in [6, 6.07) is 11.9. The van der Waals surface area contributed by atoms with Gasteiger partial charge in [0, 0.05) is 24.7 Å². The van der Waals surface area contributed by atoms with E-state index in [0.29, 0.717) is 36.4 Å². The van der Waals surface area contributed by atoms with Crippen molar-refractivity contribution in [3.05, 3.63) is 59.2 Å². The number of hydrogen-bond donors (Lipinski definition) is 1. The summed E-state index contributed by atoms with van der Waals surface area (Å²) in [5.41, 5.74) is 2.05. The van der Waals surface area contributed by atoms with Gasteiger partial charge in [-0.15, -0.1) is 0 Å². The van der Waals surface area contributed by atoms with Crippen molar-refractivity contribution in [3.63, 3.8) is 0 Å².